The highest BCUT2D eigenvalue weighted by atomic mass is 16.6. The first kappa shape index (κ1) is 15.0. The van der Waals surface area contributed by atoms with Crippen LogP contribution in [0.1, 0.15) is 18.1 Å². The van der Waals surface area contributed by atoms with E-state index in [9.17, 15) is 15.2 Å². The van der Waals surface area contributed by atoms with Gasteiger partial charge in [-0.25, -0.2) is 0 Å². The van der Waals surface area contributed by atoms with Crippen molar-refractivity contribution in [3.05, 3.63) is 69.8 Å². The zero-order chi connectivity index (χ0) is 15.2. The molecule has 0 fully saturated rings. The minimum absolute atomic E-state index is 0.0280. The highest BCUT2D eigenvalue weighted by molar-refractivity contribution is 5.41. The van der Waals surface area contributed by atoms with Crippen molar-refractivity contribution in [2.24, 2.45) is 0 Å². The van der Waals surface area contributed by atoms with Crippen LogP contribution in [-0.2, 0) is 13.1 Å². The van der Waals surface area contributed by atoms with E-state index in [4.69, 9.17) is 0 Å². The first-order chi connectivity index (χ1) is 10.1. The molecule has 2 aromatic rings. The fraction of sp³-hybridized carbons (Fsp3) is 0.250. The second-order valence-corrected chi connectivity index (χ2v) is 4.99. The quantitative estimate of drug-likeness (QED) is 0.642. The molecule has 0 saturated carbocycles. The van der Waals surface area contributed by atoms with Crippen molar-refractivity contribution in [1.82, 2.24) is 0 Å². The zero-order valence-electron chi connectivity index (χ0n) is 11.9. The number of benzene rings is 2. The summed E-state index contributed by atoms with van der Waals surface area (Å²) in [5.41, 5.74) is 1.66. The number of hydrogen-bond acceptors (Lipinski definition) is 3. The average molecular weight is 286 g/mol. The van der Waals surface area contributed by atoms with E-state index in [0.717, 1.165) is 13.1 Å². The number of nitro groups is 1. The van der Waals surface area contributed by atoms with Gasteiger partial charge in [0.05, 0.1) is 11.5 Å². The van der Waals surface area contributed by atoms with Crippen LogP contribution in [-0.4, -0.2) is 11.5 Å². The van der Waals surface area contributed by atoms with Gasteiger partial charge in [0, 0.05) is 23.3 Å². The molecule has 0 amide bonds. The minimum Gasteiger partial charge on any atom is -0.872 e. The lowest BCUT2D eigenvalue weighted by atomic mass is 10.1. The smallest absolute Gasteiger partial charge is 0.269 e. The molecule has 110 valence electrons. The number of rotatable bonds is 6. The van der Waals surface area contributed by atoms with Crippen LogP contribution < -0.4 is 10.0 Å². The monoisotopic (exact) mass is 286 g/mol. The fourth-order valence-electron chi connectivity index (χ4n) is 2.28. The Morgan fingerprint density at radius 1 is 1.10 bits per heavy atom. The summed E-state index contributed by atoms with van der Waals surface area (Å²) in [6.45, 7) is 4.17. The topological polar surface area (TPSA) is 70.6 Å². The van der Waals surface area contributed by atoms with Crippen molar-refractivity contribution in [2.45, 2.75) is 20.0 Å². The molecule has 0 heterocycles. The summed E-state index contributed by atoms with van der Waals surface area (Å²) in [5, 5.41) is 22.7. The average Bonchev–Trinajstić information content (AvgIpc) is 2.49. The van der Waals surface area contributed by atoms with Gasteiger partial charge in [-0.1, -0.05) is 42.1 Å². The Balaban J connectivity index is 2.14. The second kappa shape index (κ2) is 6.85. The first-order valence-electron chi connectivity index (χ1n) is 6.92. The van der Waals surface area contributed by atoms with E-state index in [1.807, 2.05) is 37.3 Å². The molecule has 0 saturated heterocycles. The van der Waals surface area contributed by atoms with Crippen molar-refractivity contribution in [1.29, 1.82) is 0 Å². The Hall–Kier alpha value is -2.40. The second-order valence-electron chi connectivity index (χ2n) is 4.99. The van der Waals surface area contributed by atoms with E-state index < -0.39 is 4.92 Å². The Labute approximate surface area is 123 Å². The summed E-state index contributed by atoms with van der Waals surface area (Å²) in [5.74, 6) is -0.139. The predicted molar refractivity (Wildman–Crippen MR) is 77.9 cm³/mol. The van der Waals surface area contributed by atoms with Gasteiger partial charge in [0.1, 0.15) is 13.1 Å². The highest BCUT2D eigenvalue weighted by Gasteiger charge is 2.12. The number of quaternary nitrogens is 1. The summed E-state index contributed by atoms with van der Waals surface area (Å²) in [6.07, 6.45) is 0. The summed E-state index contributed by atoms with van der Waals surface area (Å²) < 4.78 is 0. The Kier molecular flexibility index (Phi) is 4.90. The van der Waals surface area contributed by atoms with Crippen LogP contribution in [0.4, 0.5) is 5.69 Å². The molecule has 1 atom stereocenters. The van der Waals surface area contributed by atoms with E-state index in [-0.39, 0.29) is 11.4 Å². The maximum atomic E-state index is 11.9. The Morgan fingerprint density at radius 3 is 2.43 bits per heavy atom. The van der Waals surface area contributed by atoms with Crippen molar-refractivity contribution < 1.29 is 14.9 Å². The van der Waals surface area contributed by atoms with Gasteiger partial charge in [-0.2, -0.15) is 0 Å². The number of nitrogens with zero attached hydrogens (tertiary/aromatic N) is 1. The summed E-state index contributed by atoms with van der Waals surface area (Å²) in [4.78, 5) is 11.5. The molecule has 0 spiro atoms. The van der Waals surface area contributed by atoms with Crippen molar-refractivity contribution >= 4 is 5.69 Å². The molecule has 5 heteroatoms. The molecule has 21 heavy (non-hydrogen) atoms. The molecular weight excluding hydrogens is 268 g/mol. The molecule has 0 aromatic heterocycles. The van der Waals surface area contributed by atoms with E-state index in [2.05, 4.69) is 0 Å². The highest BCUT2D eigenvalue weighted by Crippen LogP contribution is 2.20. The molecule has 2 rings (SSSR count). The van der Waals surface area contributed by atoms with Crippen LogP contribution in [0.15, 0.2) is 48.5 Å². The molecule has 1 unspecified atom stereocenters. The molecular formula is C16H18N2O3. The third-order valence-corrected chi connectivity index (χ3v) is 3.49. The molecule has 0 aliphatic heterocycles. The van der Waals surface area contributed by atoms with Crippen molar-refractivity contribution in [3.8, 4) is 5.75 Å². The van der Waals surface area contributed by atoms with Gasteiger partial charge in [0.2, 0.25) is 0 Å². The third kappa shape index (κ3) is 4.03. The van der Waals surface area contributed by atoms with Crippen LogP contribution in [0.5, 0.6) is 5.75 Å². The normalized spacial score (nSPS) is 12.0. The summed E-state index contributed by atoms with van der Waals surface area (Å²) in [7, 11) is 0. The lowest BCUT2D eigenvalue weighted by Gasteiger charge is -2.21. The lowest BCUT2D eigenvalue weighted by molar-refractivity contribution is -0.926. The fourth-order valence-corrected chi connectivity index (χ4v) is 2.28. The van der Waals surface area contributed by atoms with Crippen LogP contribution in [0, 0.1) is 10.1 Å². The van der Waals surface area contributed by atoms with E-state index in [0.29, 0.717) is 12.1 Å². The first-order valence-corrected chi connectivity index (χ1v) is 6.92. The summed E-state index contributed by atoms with van der Waals surface area (Å²) in [6, 6.07) is 13.9. The molecule has 0 radical (unpaired) electrons. The van der Waals surface area contributed by atoms with Crippen LogP contribution in [0.2, 0.25) is 0 Å². The zero-order valence-corrected chi connectivity index (χ0v) is 11.9. The number of non-ortho nitro benzene ring substituents is 1. The number of hydrogen-bond donors (Lipinski definition) is 1. The minimum atomic E-state index is -0.467. The molecule has 1 N–H and O–H groups in total. The SMILES string of the molecule is CC[NH+](Cc1ccccc1)Cc1cc([N+](=O)[O-])ccc1[O-]. The maximum Gasteiger partial charge on any atom is 0.269 e. The lowest BCUT2D eigenvalue weighted by Crippen LogP contribution is -3.09. The predicted octanol–water partition coefficient (Wildman–Crippen LogP) is 1.27. The standard InChI is InChI=1S/C16H18N2O3/c1-2-17(11-13-6-4-3-5-7-13)12-14-10-15(18(20)21)8-9-16(14)19/h3-10,19H,2,11-12H2,1H3. The molecule has 0 aliphatic carbocycles. The van der Waals surface area contributed by atoms with Gasteiger partial charge in [-0.05, 0) is 6.92 Å². The van der Waals surface area contributed by atoms with Crippen molar-refractivity contribution in [3.63, 3.8) is 0 Å². The number of nitrogens with one attached hydrogen (secondary N) is 1. The molecule has 0 bridgehead atoms. The van der Waals surface area contributed by atoms with Gasteiger partial charge in [0.15, 0.2) is 0 Å². The van der Waals surface area contributed by atoms with Crippen molar-refractivity contribution in [2.75, 3.05) is 6.54 Å². The van der Waals surface area contributed by atoms with Gasteiger partial charge in [-0.15, -0.1) is 0 Å². The van der Waals surface area contributed by atoms with Crippen LogP contribution in [0.3, 0.4) is 0 Å². The van der Waals surface area contributed by atoms with Gasteiger partial charge >= 0.3 is 0 Å². The number of nitro benzene ring substituents is 1. The molecule has 5 nitrogen and oxygen atoms in total. The Bertz CT molecular complexity index is 614. The van der Waals surface area contributed by atoms with E-state index in [1.165, 1.54) is 28.7 Å². The third-order valence-electron chi connectivity index (χ3n) is 3.49. The Morgan fingerprint density at radius 2 is 1.81 bits per heavy atom. The van der Waals surface area contributed by atoms with Gasteiger partial charge < -0.3 is 10.0 Å². The van der Waals surface area contributed by atoms with Crippen LogP contribution >= 0.6 is 0 Å². The molecule has 2 aromatic carbocycles. The maximum absolute atomic E-state index is 11.9. The van der Waals surface area contributed by atoms with E-state index >= 15 is 0 Å². The summed E-state index contributed by atoms with van der Waals surface area (Å²) >= 11 is 0. The van der Waals surface area contributed by atoms with Crippen LogP contribution in [0.25, 0.3) is 0 Å². The van der Waals surface area contributed by atoms with Gasteiger partial charge in [0.25, 0.3) is 5.69 Å². The van der Waals surface area contributed by atoms with Gasteiger partial charge in [-0.3, -0.25) is 10.1 Å². The largest absolute Gasteiger partial charge is 0.872 e. The molecule has 0 aliphatic rings. The van der Waals surface area contributed by atoms with E-state index in [1.54, 1.807) is 0 Å².